The molecule has 0 amide bonds. The Bertz CT molecular complexity index is 1210. The van der Waals surface area contributed by atoms with E-state index < -0.39 is 0 Å². The highest BCUT2D eigenvalue weighted by atomic mass is 32.2. The molecule has 0 fully saturated rings. The summed E-state index contributed by atoms with van der Waals surface area (Å²) in [5.41, 5.74) is 1.43. The van der Waals surface area contributed by atoms with E-state index in [9.17, 15) is 9.59 Å². The number of fused-ring (bicyclic) bond motifs is 1. The van der Waals surface area contributed by atoms with Crippen LogP contribution in [0.15, 0.2) is 68.4 Å². The minimum Gasteiger partial charge on any atom is -0.339 e. The van der Waals surface area contributed by atoms with Gasteiger partial charge in [-0.15, -0.1) is 0 Å². The van der Waals surface area contributed by atoms with Gasteiger partial charge in [0.1, 0.15) is 5.65 Å². The van der Waals surface area contributed by atoms with Gasteiger partial charge in [0.2, 0.25) is 0 Å². The number of aromatic nitrogens is 5. The van der Waals surface area contributed by atoms with E-state index in [0.29, 0.717) is 21.1 Å². The van der Waals surface area contributed by atoms with Crippen molar-refractivity contribution >= 4 is 22.8 Å². The van der Waals surface area contributed by atoms with Crippen LogP contribution in [0.4, 0.5) is 0 Å². The first kappa shape index (κ1) is 16.3. The van der Waals surface area contributed by atoms with Crippen molar-refractivity contribution < 1.29 is 0 Å². The van der Waals surface area contributed by atoms with E-state index in [2.05, 4.69) is 15.0 Å². The smallest absolute Gasteiger partial charge is 0.332 e. The second kappa shape index (κ2) is 6.30. The van der Waals surface area contributed by atoms with Crippen LogP contribution in [0.5, 0.6) is 0 Å². The maximum atomic E-state index is 12.8. The number of nitrogens with zero attached hydrogens (tertiary/aromatic N) is 4. The molecular weight excluding hydrogens is 350 g/mol. The van der Waals surface area contributed by atoms with Crippen LogP contribution in [0.25, 0.3) is 22.3 Å². The van der Waals surface area contributed by atoms with Gasteiger partial charge in [0, 0.05) is 26.5 Å². The summed E-state index contributed by atoms with van der Waals surface area (Å²) < 4.78 is 2.56. The second-order valence-electron chi connectivity index (χ2n) is 5.76. The second-order valence-corrected chi connectivity index (χ2v) is 6.74. The number of hydrogen-bond donors (Lipinski definition) is 1. The Morgan fingerprint density at radius 2 is 1.65 bits per heavy atom. The van der Waals surface area contributed by atoms with Gasteiger partial charge in [0.15, 0.2) is 5.16 Å². The quantitative estimate of drug-likeness (QED) is 0.563. The van der Waals surface area contributed by atoms with Gasteiger partial charge in [-0.3, -0.25) is 13.9 Å². The molecule has 3 aromatic heterocycles. The van der Waals surface area contributed by atoms with Gasteiger partial charge in [-0.25, -0.2) is 14.8 Å². The van der Waals surface area contributed by atoms with Crippen molar-refractivity contribution in [1.82, 2.24) is 24.1 Å². The zero-order valence-electron chi connectivity index (χ0n) is 14.1. The molecule has 3 heterocycles. The van der Waals surface area contributed by atoms with Crippen LogP contribution in [-0.4, -0.2) is 24.1 Å². The molecule has 4 rings (SSSR count). The number of aromatic amines is 1. The van der Waals surface area contributed by atoms with E-state index in [-0.39, 0.29) is 11.2 Å². The highest BCUT2D eigenvalue weighted by Gasteiger charge is 2.21. The lowest BCUT2D eigenvalue weighted by Crippen LogP contribution is -2.36. The zero-order valence-corrected chi connectivity index (χ0v) is 14.9. The first-order valence-corrected chi connectivity index (χ1v) is 8.71. The molecule has 0 atom stereocenters. The van der Waals surface area contributed by atoms with Crippen LogP contribution in [-0.2, 0) is 14.1 Å². The van der Waals surface area contributed by atoms with Crippen LogP contribution in [0.1, 0.15) is 0 Å². The van der Waals surface area contributed by atoms with Gasteiger partial charge >= 0.3 is 5.69 Å². The van der Waals surface area contributed by atoms with Crippen molar-refractivity contribution in [2.75, 3.05) is 0 Å². The highest BCUT2D eigenvalue weighted by Crippen LogP contribution is 2.38. The molecule has 4 aromatic rings. The molecule has 0 spiro atoms. The zero-order chi connectivity index (χ0) is 18.3. The largest absolute Gasteiger partial charge is 0.339 e. The Morgan fingerprint density at radius 3 is 2.35 bits per heavy atom. The Kier molecular flexibility index (Phi) is 3.96. The monoisotopic (exact) mass is 365 g/mol. The summed E-state index contributed by atoms with van der Waals surface area (Å²) >= 11 is 1.30. The van der Waals surface area contributed by atoms with Crippen molar-refractivity contribution in [3.63, 3.8) is 0 Å². The first-order valence-electron chi connectivity index (χ1n) is 7.90. The molecule has 1 aromatic carbocycles. The molecule has 0 saturated heterocycles. The number of benzene rings is 1. The van der Waals surface area contributed by atoms with Crippen LogP contribution in [0.2, 0.25) is 0 Å². The van der Waals surface area contributed by atoms with Gasteiger partial charge in [0.05, 0.1) is 16.0 Å². The van der Waals surface area contributed by atoms with Gasteiger partial charge in [-0.1, -0.05) is 30.3 Å². The van der Waals surface area contributed by atoms with E-state index in [0.717, 1.165) is 15.8 Å². The molecule has 0 aliphatic heterocycles. The van der Waals surface area contributed by atoms with E-state index in [4.69, 9.17) is 0 Å². The molecule has 0 bridgehead atoms. The van der Waals surface area contributed by atoms with E-state index in [1.54, 1.807) is 25.5 Å². The van der Waals surface area contributed by atoms with E-state index in [1.165, 1.54) is 23.4 Å². The molecule has 7 nitrogen and oxygen atoms in total. The van der Waals surface area contributed by atoms with Gasteiger partial charge in [0.25, 0.3) is 5.56 Å². The summed E-state index contributed by atoms with van der Waals surface area (Å²) in [6, 6.07) is 11.4. The lowest BCUT2D eigenvalue weighted by molar-refractivity contribution is 0.709. The SMILES string of the molecule is Cn1c(=O)c2c(Sc3ncccn3)c(-c3ccccc3)[nH]c2n(C)c1=O. The molecule has 130 valence electrons. The van der Waals surface area contributed by atoms with Crippen LogP contribution >= 0.6 is 11.8 Å². The Balaban J connectivity index is 2.09. The minimum absolute atomic E-state index is 0.347. The lowest BCUT2D eigenvalue weighted by Gasteiger charge is -2.05. The van der Waals surface area contributed by atoms with Crippen LogP contribution in [0, 0.1) is 0 Å². The molecule has 0 aliphatic carbocycles. The highest BCUT2D eigenvalue weighted by molar-refractivity contribution is 7.99. The standard InChI is InChI=1S/C18H15N5O2S/c1-22-15-12(16(24)23(2)18(22)25)14(26-17-19-9-6-10-20-17)13(21-15)11-7-4-3-5-8-11/h3-10,21H,1-2H3. The van der Waals surface area contributed by atoms with E-state index in [1.807, 2.05) is 30.3 Å². The van der Waals surface area contributed by atoms with Crippen molar-refractivity contribution in [2.45, 2.75) is 10.1 Å². The molecular formula is C18H15N5O2S. The van der Waals surface area contributed by atoms with Crippen LogP contribution < -0.4 is 11.2 Å². The number of H-pyrrole nitrogens is 1. The topological polar surface area (TPSA) is 85.6 Å². The number of nitrogens with one attached hydrogen (secondary N) is 1. The number of aryl methyl sites for hydroxylation is 1. The Morgan fingerprint density at radius 1 is 0.962 bits per heavy atom. The van der Waals surface area contributed by atoms with Gasteiger partial charge in [-0.05, 0) is 23.4 Å². The number of hydrogen-bond acceptors (Lipinski definition) is 5. The molecule has 26 heavy (non-hydrogen) atoms. The summed E-state index contributed by atoms with van der Waals surface area (Å²) in [6.45, 7) is 0. The average Bonchev–Trinajstić information content (AvgIpc) is 3.05. The van der Waals surface area contributed by atoms with Gasteiger partial charge < -0.3 is 4.98 Å². The predicted molar refractivity (Wildman–Crippen MR) is 100 cm³/mol. The average molecular weight is 365 g/mol. The molecule has 8 heteroatoms. The Labute approximate surface area is 152 Å². The van der Waals surface area contributed by atoms with E-state index >= 15 is 0 Å². The van der Waals surface area contributed by atoms with Crippen LogP contribution in [0.3, 0.4) is 0 Å². The van der Waals surface area contributed by atoms with Crippen molar-refractivity contribution in [2.24, 2.45) is 14.1 Å². The molecule has 0 radical (unpaired) electrons. The van der Waals surface area contributed by atoms with Crippen molar-refractivity contribution in [3.05, 3.63) is 69.6 Å². The summed E-state index contributed by atoms with van der Waals surface area (Å²) in [4.78, 5) is 37.6. The molecule has 0 aliphatic rings. The fraction of sp³-hybridized carbons (Fsp3) is 0.111. The summed E-state index contributed by atoms with van der Waals surface area (Å²) in [7, 11) is 3.12. The lowest BCUT2D eigenvalue weighted by atomic mass is 10.1. The summed E-state index contributed by atoms with van der Waals surface area (Å²) in [5.74, 6) is 0. The van der Waals surface area contributed by atoms with Gasteiger partial charge in [-0.2, -0.15) is 0 Å². The maximum absolute atomic E-state index is 12.8. The summed E-state index contributed by atoms with van der Waals surface area (Å²) in [5, 5.41) is 0.979. The maximum Gasteiger partial charge on any atom is 0.332 e. The third kappa shape index (κ3) is 2.55. The normalized spacial score (nSPS) is 11.2. The van der Waals surface area contributed by atoms with Crippen molar-refractivity contribution in [3.8, 4) is 11.3 Å². The number of rotatable bonds is 3. The fourth-order valence-corrected chi connectivity index (χ4v) is 3.80. The minimum atomic E-state index is -0.379. The summed E-state index contributed by atoms with van der Waals surface area (Å²) in [6.07, 6.45) is 3.31. The molecule has 1 N–H and O–H groups in total. The Hall–Kier alpha value is -3.13. The third-order valence-corrected chi connectivity index (χ3v) is 5.17. The molecule has 0 unspecified atom stereocenters. The first-order chi connectivity index (χ1) is 12.6. The third-order valence-electron chi connectivity index (χ3n) is 4.16. The molecule has 0 saturated carbocycles. The fourth-order valence-electron chi connectivity index (χ4n) is 2.83. The predicted octanol–water partition coefficient (Wildman–Crippen LogP) is 2.17. The van der Waals surface area contributed by atoms with Crippen molar-refractivity contribution in [1.29, 1.82) is 0 Å².